The van der Waals surface area contributed by atoms with Gasteiger partial charge in [0.15, 0.2) is 5.78 Å². The summed E-state index contributed by atoms with van der Waals surface area (Å²) in [7, 11) is 1.24. The van der Waals surface area contributed by atoms with Crippen LogP contribution in [0.25, 0.3) is 0 Å². The second kappa shape index (κ2) is 4.85. The number of carbonyl (C=O) groups is 2. The minimum Gasteiger partial charge on any atom is -0.469 e. The Balaban J connectivity index is 2.75. The normalized spacial score (nSPS) is 9.57. The summed E-state index contributed by atoms with van der Waals surface area (Å²) < 4.78 is 5.12. The molecule has 0 aliphatic rings. The molecule has 0 atom stereocenters. The molecule has 0 aliphatic heterocycles. The molecule has 1 aromatic heterocycles. The Morgan fingerprint density at radius 1 is 1.57 bits per heavy atom. The lowest BCUT2D eigenvalue weighted by atomic mass is 10.2. The Bertz CT molecular complexity index is 365. The zero-order chi connectivity index (χ0) is 10.6. The highest BCUT2D eigenvalue weighted by molar-refractivity contribution is 9.10. The number of Topliss-reactive ketones (excluding diaryl/α,β-unsaturated/α-hetero) is 1. The van der Waals surface area contributed by atoms with Crippen molar-refractivity contribution in [2.75, 3.05) is 7.11 Å². The first-order valence-corrected chi connectivity index (χ1v) is 4.64. The third kappa shape index (κ3) is 2.92. The molecule has 5 heteroatoms. The van der Waals surface area contributed by atoms with E-state index < -0.39 is 5.97 Å². The van der Waals surface area contributed by atoms with Gasteiger partial charge >= 0.3 is 5.97 Å². The molecule has 14 heavy (non-hydrogen) atoms. The first-order valence-electron chi connectivity index (χ1n) is 3.85. The van der Waals surface area contributed by atoms with Gasteiger partial charge in [-0.1, -0.05) is 15.9 Å². The van der Waals surface area contributed by atoms with Crippen LogP contribution in [0.2, 0.25) is 0 Å². The molecular weight excluding hydrogens is 250 g/mol. The summed E-state index contributed by atoms with van der Waals surface area (Å²) in [5, 5.41) is 0. The third-order valence-electron chi connectivity index (χ3n) is 1.54. The van der Waals surface area contributed by atoms with Crippen molar-refractivity contribution in [1.82, 2.24) is 4.98 Å². The fourth-order valence-electron chi connectivity index (χ4n) is 0.851. The number of pyridine rings is 1. The third-order valence-corrected chi connectivity index (χ3v) is 2.03. The van der Waals surface area contributed by atoms with Crippen LogP contribution in [-0.4, -0.2) is 23.8 Å². The maximum atomic E-state index is 11.4. The van der Waals surface area contributed by atoms with Gasteiger partial charge in [0.25, 0.3) is 0 Å². The maximum absolute atomic E-state index is 11.4. The average Bonchev–Trinajstić information content (AvgIpc) is 2.17. The molecule has 0 saturated heterocycles. The molecule has 0 unspecified atom stereocenters. The van der Waals surface area contributed by atoms with E-state index in [0.29, 0.717) is 0 Å². The molecule has 0 fully saturated rings. The number of ether oxygens (including phenoxy) is 1. The quantitative estimate of drug-likeness (QED) is 0.469. The van der Waals surface area contributed by atoms with Crippen LogP contribution >= 0.6 is 15.9 Å². The van der Waals surface area contributed by atoms with Gasteiger partial charge in [0.2, 0.25) is 0 Å². The first-order chi connectivity index (χ1) is 6.63. The Labute approximate surface area is 89.4 Å². The second-order valence-electron chi connectivity index (χ2n) is 2.54. The van der Waals surface area contributed by atoms with Crippen LogP contribution in [0.4, 0.5) is 0 Å². The van der Waals surface area contributed by atoms with Crippen molar-refractivity contribution in [3.05, 3.63) is 28.5 Å². The maximum Gasteiger partial charge on any atom is 0.313 e. The van der Waals surface area contributed by atoms with Crippen molar-refractivity contribution in [3.8, 4) is 0 Å². The number of carbonyl (C=O) groups excluding carboxylic acids is 2. The number of aromatic nitrogens is 1. The van der Waals surface area contributed by atoms with Crippen LogP contribution in [0.3, 0.4) is 0 Å². The average molecular weight is 258 g/mol. The largest absolute Gasteiger partial charge is 0.469 e. The zero-order valence-corrected chi connectivity index (χ0v) is 9.08. The molecule has 4 nitrogen and oxygen atoms in total. The van der Waals surface area contributed by atoms with Crippen molar-refractivity contribution in [2.45, 2.75) is 6.42 Å². The number of nitrogens with zero attached hydrogens (tertiary/aromatic N) is 1. The molecule has 1 aromatic rings. The van der Waals surface area contributed by atoms with E-state index in [0.717, 1.165) is 4.47 Å². The zero-order valence-electron chi connectivity index (χ0n) is 7.49. The summed E-state index contributed by atoms with van der Waals surface area (Å²) in [4.78, 5) is 26.0. The minimum absolute atomic E-state index is 0.254. The van der Waals surface area contributed by atoms with Crippen molar-refractivity contribution in [2.24, 2.45) is 0 Å². The standard InChI is InChI=1S/C9H8BrNO3/c1-14-9(13)5-8(12)7-4-6(10)2-3-11-7/h2-4H,5H2,1H3. The lowest BCUT2D eigenvalue weighted by Crippen LogP contribution is -2.10. The summed E-state index contributed by atoms with van der Waals surface area (Å²) in [6, 6.07) is 3.26. The van der Waals surface area contributed by atoms with Crippen LogP contribution in [-0.2, 0) is 9.53 Å². The van der Waals surface area contributed by atoms with Crippen molar-refractivity contribution >= 4 is 27.7 Å². The van der Waals surface area contributed by atoms with E-state index in [1.807, 2.05) is 0 Å². The fraction of sp³-hybridized carbons (Fsp3) is 0.222. The molecule has 74 valence electrons. The Morgan fingerprint density at radius 2 is 2.29 bits per heavy atom. The molecule has 1 heterocycles. The monoisotopic (exact) mass is 257 g/mol. The molecular formula is C9H8BrNO3. The molecule has 0 radical (unpaired) electrons. The van der Waals surface area contributed by atoms with Crippen LogP contribution in [0.1, 0.15) is 16.9 Å². The highest BCUT2D eigenvalue weighted by Crippen LogP contribution is 2.10. The van der Waals surface area contributed by atoms with Gasteiger partial charge in [-0.25, -0.2) is 0 Å². The highest BCUT2D eigenvalue weighted by Gasteiger charge is 2.12. The van der Waals surface area contributed by atoms with Gasteiger partial charge in [-0.3, -0.25) is 14.6 Å². The van der Waals surface area contributed by atoms with Crippen LogP contribution < -0.4 is 0 Å². The number of hydrogen-bond acceptors (Lipinski definition) is 4. The minimum atomic E-state index is -0.559. The number of halogens is 1. The molecule has 0 aliphatic carbocycles. The molecule has 0 spiro atoms. The van der Waals surface area contributed by atoms with Gasteiger partial charge in [0, 0.05) is 10.7 Å². The second-order valence-corrected chi connectivity index (χ2v) is 3.45. The van der Waals surface area contributed by atoms with Gasteiger partial charge in [-0.05, 0) is 12.1 Å². The van der Waals surface area contributed by atoms with Crippen molar-refractivity contribution in [1.29, 1.82) is 0 Å². The summed E-state index contributed by atoms with van der Waals surface area (Å²) in [5.74, 6) is -0.907. The van der Waals surface area contributed by atoms with Crippen molar-refractivity contribution in [3.63, 3.8) is 0 Å². The van der Waals surface area contributed by atoms with Crippen molar-refractivity contribution < 1.29 is 14.3 Å². The number of hydrogen-bond donors (Lipinski definition) is 0. The topological polar surface area (TPSA) is 56.3 Å². The van der Waals surface area contributed by atoms with E-state index in [-0.39, 0.29) is 17.9 Å². The molecule has 0 amide bonds. The lowest BCUT2D eigenvalue weighted by Gasteiger charge is -1.99. The Kier molecular flexibility index (Phi) is 3.76. The molecule has 0 N–H and O–H groups in total. The summed E-state index contributed by atoms with van der Waals surface area (Å²) in [6.07, 6.45) is 1.22. The number of esters is 1. The molecule has 0 bridgehead atoms. The van der Waals surface area contributed by atoms with E-state index in [2.05, 4.69) is 25.7 Å². The van der Waals surface area contributed by atoms with E-state index >= 15 is 0 Å². The molecule has 0 aromatic carbocycles. The number of rotatable bonds is 3. The van der Waals surface area contributed by atoms with Gasteiger partial charge in [0.1, 0.15) is 12.1 Å². The Hall–Kier alpha value is -1.23. The predicted octanol–water partition coefficient (Wildman–Crippen LogP) is 1.59. The van der Waals surface area contributed by atoms with Gasteiger partial charge in [-0.15, -0.1) is 0 Å². The van der Waals surface area contributed by atoms with E-state index in [1.165, 1.54) is 13.3 Å². The number of ketones is 1. The predicted molar refractivity (Wildman–Crippen MR) is 52.9 cm³/mol. The fourth-order valence-corrected chi connectivity index (χ4v) is 1.19. The summed E-state index contributed by atoms with van der Waals surface area (Å²) in [6.45, 7) is 0. The number of methoxy groups -OCH3 is 1. The summed E-state index contributed by atoms with van der Waals surface area (Å²) in [5.41, 5.74) is 0.254. The first kappa shape index (κ1) is 10.8. The molecule has 1 rings (SSSR count). The van der Waals surface area contributed by atoms with E-state index in [9.17, 15) is 9.59 Å². The van der Waals surface area contributed by atoms with Crippen LogP contribution in [0, 0.1) is 0 Å². The van der Waals surface area contributed by atoms with Crippen LogP contribution in [0.15, 0.2) is 22.8 Å². The van der Waals surface area contributed by atoms with Gasteiger partial charge in [-0.2, -0.15) is 0 Å². The van der Waals surface area contributed by atoms with E-state index in [4.69, 9.17) is 0 Å². The van der Waals surface area contributed by atoms with Gasteiger partial charge < -0.3 is 4.74 Å². The lowest BCUT2D eigenvalue weighted by molar-refractivity contribution is -0.139. The smallest absolute Gasteiger partial charge is 0.313 e. The van der Waals surface area contributed by atoms with Gasteiger partial charge in [0.05, 0.1) is 7.11 Å². The highest BCUT2D eigenvalue weighted by atomic mass is 79.9. The molecule has 0 saturated carbocycles. The van der Waals surface area contributed by atoms with Crippen LogP contribution in [0.5, 0.6) is 0 Å². The Morgan fingerprint density at radius 3 is 2.86 bits per heavy atom. The van der Waals surface area contributed by atoms with E-state index in [1.54, 1.807) is 12.1 Å². The SMILES string of the molecule is COC(=O)CC(=O)c1cc(Br)ccn1. The summed E-state index contributed by atoms with van der Waals surface area (Å²) >= 11 is 3.21.